The molecule has 0 aromatic heterocycles. The lowest BCUT2D eigenvalue weighted by molar-refractivity contribution is 0.0500. The van der Waals surface area contributed by atoms with Crippen LogP contribution in [-0.2, 0) is 15.9 Å². The quantitative estimate of drug-likeness (QED) is 0.389. The molecule has 0 saturated carbocycles. The molecule has 92 valence electrons. The maximum absolute atomic E-state index is 12.0. The molecule has 1 amide bonds. The van der Waals surface area contributed by atoms with Gasteiger partial charge >= 0.3 is 6.09 Å². The number of ether oxygens (including phenoxy) is 1. The molecular formula is C8H19B4NO3S. The van der Waals surface area contributed by atoms with E-state index in [0.717, 1.165) is 0 Å². The number of nitrogens with one attached hydrogen (secondary N) is 1. The average molecular weight is 253 g/mol. The predicted octanol–water partition coefficient (Wildman–Crippen LogP) is -3.52. The van der Waals surface area contributed by atoms with Crippen molar-refractivity contribution < 1.29 is 14.1 Å². The summed E-state index contributed by atoms with van der Waals surface area (Å²) in [6.45, 7) is 5.46. The van der Waals surface area contributed by atoms with Gasteiger partial charge in [0.25, 0.3) is 0 Å². The lowest BCUT2D eigenvalue weighted by atomic mass is 9.51. The van der Waals surface area contributed by atoms with Crippen molar-refractivity contribution in [3.05, 3.63) is 0 Å². The van der Waals surface area contributed by atoms with E-state index in [4.69, 9.17) is 4.74 Å². The van der Waals surface area contributed by atoms with E-state index in [0.29, 0.717) is 0 Å². The molecule has 0 aromatic carbocycles. The highest BCUT2D eigenvalue weighted by molar-refractivity contribution is 8.01. The van der Waals surface area contributed by atoms with Crippen molar-refractivity contribution in [2.75, 3.05) is 0 Å². The Hall–Kier alpha value is -0.160. The van der Waals surface area contributed by atoms with Gasteiger partial charge in [-0.25, -0.2) is 4.79 Å². The van der Waals surface area contributed by atoms with Crippen molar-refractivity contribution in [2.24, 2.45) is 0 Å². The number of amides is 1. The van der Waals surface area contributed by atoms with Crippen LogP contribution in [0.1, 0.15) is 20.8 Å². The van der Waals surface area contributed by atoms with Gasteiger partial charge in [-0.3, -0.25) is 0 Å². The smallest absolute Gasteiger partial charge is 0.408 e. The highest BCUT2D eigenvalue weighted by atomic mass is 32.2. The number of carbonyl (C=O) groups is 1. The van der Waals surface area contributed by atoms with Crippen LogP contribution in [0, 0.1) is 0 Å². The minimum Gasteiger partial charge on any atom is -0.618 e. The lowest BCUT2D eigenvalue weighted by Gasteiger charge is -2.59. The van der Waals surface area contributed by atoms with E-state index >= 15 is 0 Å². The van der Waals surface area contributed by atoms with Gasteiger partial charge in [0.2, 0.25) is 0 Å². The maximum atomic E-state index is 12.0. The monoisotopic (exact) mass is 253 g/mol. The molecule has 1 aliphatic rings. The molecule has 1 rings (SSSR count). The number of carbonyl (C=O) groups excluding carboxylic acids is 1. The molecule has 17 heavy (non-hydrogen) atoms. The first kappa shape index (κ1) is 14.9. The molecule has 0 radical (unpaired) electrons. The Morgan fingerprint density at radius 2 is 1.71 bits per heavy atom. The normalized spacial score (nSPS) is 30.1. The van der Waals surface area contributed by atoms with E-state index in [9.17, 15) is 9.35 Å². The highest BCUT2D eigenvalue weighted by Gasteiger charge is 2.65. The predicted molar refractivity (Wildman–Crippen MR) is 80.9 cm³/mol. The van der Waals surface area contributed by atoms with Crippen molar-refractivity contribution in [3.63, 3.8) is 0 Å². The third-order valence-electron chi connectivity index (χ3n) is 3.01. The lowest BCUT2D eigenvalue weighted by Crippen LogP contribution is -2.83. The van der Waals surface area contributed by atoms with Crippen molar-refractivity contribution in [3.8, 4) is 0 Å². The van der Waals surface area contributed by atoms with Crippen LogP contribution in [0.25, 0.3) is 0 Å². The fourth-order valence-corrected chi connectivity index (χ4v) is 4.75. The first-order valence-corrected chi connectivity index (χ1v) is 6.95. The molecule has 1 aliphatic heterocycles. The van der Waals surface area contributed by atoms with Gasteiger partial charge in [0, 0.05) is 0 Å². The second kappa shape index (κ2) is 4.19. The summed E-state index contributed by atoms with van der Waals surface area (Å²) in [5.41, 5.74) is -0.513. The van der Waals surface area contributed by atoms with Crippen molar-refractivity contribution in [1.82, 2.24) is 5.32 Å². The second-order valence-corrected chi connectivity index (χ2v) is 9.20. The van der Waals surface area contributed by atoms with E-state index in [1.165, 1.54) is 0 Å². The molecule has 0 aromatic rings. The van der Waals surface area contributed by atoms with Gasteiger partial charge in [0.1, 0.15) is 5.60 Å². The van der Waals surface area contributed by atoms with Crippen LogP contribution in [0.15, 0.2) is 0 Å². The fraction of sp³-hybridized carbons (Fsp3) is 0.875. The summed E-state index contributed by atoms with van der Waals surface area (Å²) in [7, 11) is 7.60. The molecule has 1 heterocycles. The molecule has 0 aliphatic carbocycles. The van der Waals surface area contributed by atoms with E-state index in [1.807, 2.05) is 52.2 Å². The fourth-order valence-electron chi connectivity index (χ4n) is 2.44. The molecular weight excluding hydrogens is 233 g/mol. The van der Waals surface area contributed by atoms with Gasteiger partial charge in [0.05, 0.1) is 15.1 Å². The zero-order chi connectivity index (χ0) is 13.6. The zero-order valence-electron chi connectivity index (χ0n) is 11.7. The van der Waals surface area contributed by atoms with Crippen LogP contribution in [-0.4, -0.2) is 62.8 Å². The highest BCUT2D eigenvalue weighted by Crippen LogP contribution is 2.41. The van der Waals surface area contributed by atoms with Crippen molar-refractivity contribution in [1.29, 1.82) is 0 Å². The number of hydrogen-bond donors (Lipinski definition) is 1. The Morgan fingerprint density at radius 3 is 2.06 bits per heavy atom. The van der Waals surface area contributed by atoms with Crippen LogP contribution in [0.3, 0.4) is 0 Å². The molecule has 1 fully saturated rings. The van der Waals surface area contributed by atoms with Gasteiger partial charge in [0.15, 0.2) is 31.4 Å². The number of hydrogen-bond acceptors (Lipinski definition) is 3. The zero-order valence-corrected chi connectivity index (χ0v) is 12.5. The molecule has 0 spiro atoms. The molecule has 9 heteroatoms. The minimum absolute atomic E-state index is 0.134. The third kappa shape index (κ3) is 2.81. The summed E-state index contributed by atoms with van der Waals surface area (Å²) in [5, 5.41) is 2.83. The second-order valence-electron chi connectivity index (χ2n) is 6.55. The minimum atomic E-state index is -0.953. The van der Waals surface area contributed by atoms with E-state index in [2.05, 4.69) is 5.32 Å². The summed E-state index contributed by atoms with van der Waals surface area (Å²) in [6.07, 6.45) is -0.444. The number of alkyl carbamates (subject to hydrolysis) is 1. The van der Waals surface area contributed by atoms with E-state index in [-0.39, 0.29) is 6.04 Å². The van der Waals surface area contributed by atoms with Crippen LogP contribution < -0.4 is 5.32 Å². The van der Waals surface area contributed by atoms with E-state index in [1.54, 1.807) is 0 Å². The first-order chi connectivity index (χ1) is 7.39. The average Bonchev–Trinajstić information content (AvgIpc) is 2.09. The van der Waals surface area contributed by atoms with Crippen LogP contribution in [0.2, 0.25) is 0 Å². The molecule has 0 atom stereocenters. The van der Waals surface area contributed by atoms with Crippen LogP contribution >= 0.6 is 0 Å². The maximum Gasteiger partial charge on any atom is 0.408 e. The Morgan fingerprint density at radius 1 is 1.29 bits per heavy atom. The van der Waals surface area contributed by atoms with Crippen molar-refractivity contribution >= 4 is 48.7 Å². The molecule has 1 N–H and O–H groups in total. The molecule has 0 bridgehead atoms. The summed E-state index contributed by atoms with van der Waals surface area (Å²) in [5.74, 6) is 0. The standard InChI is InChI=1S/C8H19B4NO3S/c1-6(2,3)16-5(14)13-4-7(9,10)17(15)8(4,11)12/h4H,9-12H2,1-3H3,(H,13,14). The topological polar surface area (TPSA) is 61.4 Å². The third-order valence-corrected chi connectivity index (χ3v) is 5.39. The Labute approximate surface area is 110 Å². The first-order valence-electron chi connectivity index (χ1n) is 5.80. The Kier molecular flexibility index (Phi) is 3.68. The summed E-state index contributed by atoms with van der Waals surface area (Å²) < 4.78 is 16.4. The summed E-state index contributed by atoms with van der Waals surface area (Å²) in [4.78, 5) is 11.7. The van der Waals surface area contributed by atoms with E-state index < -0.39 is 32.0 Å². The van der Waals surface area contributed by atoms with Gasteiger partial charge in [-0.1, -0.05) is 11.2 Å². The Balaban J connectivity index is 2.67. The van der Waals surface area contributed by atoms with Gasteiger partial charge in [-0.2, -0.15) is 0 Å². The van der Waals surface area contributed by atoms with Gasteiger partial charge in [-0.15, -0.1) is 0 Å². The Bertz CT molecular complexity index is 315. The molecule has 0 unspecified atom stereocenters. The summed E-state index contributed by atoms with van der Waals surface area (Å²) in [6, 6.07) is -0.134. The van der Waals surface area contributed by atoms with Crippen LogP contribution in [0.4, 0.5) is 4.79 Å². The van der Waals surface area contributed by atoms with Crippen LogP contribution in [0.5, 0.6) is 0 Å². The van der Waals surface area contributed by atoms with Crippen molar-refractivity contribution in [2.45, 2.75) is 41.5 Å². The van der Waals surface area contributed by atoms with Gasteiger partial charge < -0.3 is 14.6 Å². The number of rotatable bonds is 1. The largest absolute Gasteiger partial charge is 0.618 e. The summed E-state index contributed by atoms with van der Waals surface area (Å²) >= 11 is -0.953. The van der Waals surface area contributed by atoms with Gasteiger partial charge in [-0.05, 0) is 20.8 Å². The molecule has 1 saturated heterocycles. The molecule has 4 nitrogen and oxygen atoms in total. The SMILES string of the molecule is BC1(B)C(NC(=O)OC(C)(C)C)C(B)(B)[S+]1[O-].